The fraction of sp³-hybridized carbons (Fsp3) is 0.273. The van der Waals surface area contributed by atoms with E-state index in [0.29, 0.717) is 6.07 Å². The topological polar surface area (TPSA) is 107 Å². The highest BCUT2D eigenvalue weighted by Gasteiger charge is 2.25. The van der Waals surface area contributed by atoms with E-state index in [4.69, 9.17) is 10.4 Å². The van der Waals surface area contributed by atoms with Crippen molar-refractivity contribution in [2.45, 2.75) is 18.6 Å². The predicted molar refractivity (Wildman–Crippen MR) is 65.6 cm³/mol. The second kappa shape index (κ2) is 5.67. The molecule has 0 aliphatic rings. The van der Waals surface area contributed by atoms with E-state index in [0.717, 1.165) is 12.1 Å². The maximum atomic E-state index is 12.9. The zero-order valence-electron chi connectivity index (χ0n) is 9.92. The minimum absolute atomic E-state index is 0.0510. The Morgan fingerprint density at radius 3 is 2.68 bits per heavy atom. The van der Waals surface area contributed by atoms with Gasteiger partial charge in [0.1, 0.15) is 5.82 Å². The second-order valence-corrected chi connectivity index (χ2v) is 5.53. The van der Waals surface area contributed by atoms with Crippen molar-refractivity contribution in [2.75, 3.05) is 4.72 Å². The van der Waals surface area contributed by atoms with Crippen molar-refractivity contribution in [3.63, 3.8) is 0 Å². The average Bonchev–Trinajstić information content (AvgIpc) is 2.32. The molecule has 2 N–H and O–H groups in total. The van der Waals surface area contributed by atoms with Gasteiger partial charge in [0.15, 0.2) is 5.25 Å². The molecule has 0 heterocycles. The molecule has 19 heavy (non-hydrogen) atoms. The van der Waals surface area contributed by atoms with Gasteiger partial charge in [0.2, 0.25) is 10.0 Å². The zero-order chi connectivity index (χ0) is 14.6. The molecule has 1 aromatic carbocycles. The lowest BCUT2D eigenvalue weighted by atomic mass is 10.2. The summed E-state index contributed by atoms with van der Waals surface area (Å²) in [5.41, 5.74) is -0.793. The number of halogens is 1. The van der Waals surface area contributed by atoms with Crippen LogP contribution >= 0.6 is 0 Å². The number of carboxylic acids is 1. The van der Waals surface area contributed by atoms with Gasteiger partial charge < -0.3 is 5.11 Å². The normalized spacial score (nSPS) is 12.5. The van der Waals surface area contributed by atoms with E-state index in [1.165, 1.54) is 6.92 Å². The van der Waals surface area contributed by atoms with Gasteiger partial charge in [0.25, 0.3) is 0 Å². The molecule has 1 unspecified atom stereocenters. The Bertz CT molecular complexity index is 637. The number of rotatable bonds is 5. The number of carbonyl (C=O) groups is 1. The maximum Gasteiger partial charge on any atom is 0.337 e. The van der Waals surface area contributed by atoms with Crippen molar-refractivity contribution in [2.24, 2.45) is 0 Å². The van der Waals surface area contributed by atoms with Crippen LogP contribution in [0.4, 0.5) is 10.1 Å². The predicted octanol–water partition coefficient (Wildman–Crippen LogP) is 1.57. The number of hydrogen-bond acceptors (Lipinski definition) is 4. The number of sulfonamides is 1. The summed E-state index contributed by atoms with van der Waals surface area (Å²) >= 11 is 0. The number of anilines is 1. The summed E-state index contributed by atoms with van der Waals surface area (Å²) in [5.74, 6) is -2.27. The first kappa shape index (κ1) is 14.9. The van der Waals surface area contributed by atoms with Crippen molar-refractivity contribution >= 4 is 21.7 Å². The molecule has 0 aliphatic heterocycles. The number of carboxylic acid groups (broad SMARTS) is 1. The average molecular weight is 286 g/mol. The van der Waals surface area contributed by atoms with Crippen LogP contribution in [0.15, 0.2) is 18.2 Å². The Labute approximate surface area is 109 Å². The lowest BCUT2D eigenvalue weighted by Gasteiger charge is -2.13. The van der Waals surface area contributed by atoms with Gasteiger partial charge in [-0.3, -0.25) is 4.72 Å². The molecule has 0 bridgehead atoms. The Morgan fingerprint density at radius 1 is 1.58 bits per heavy atom. The molecule has 0 aliphatic carbocycles. The Kier molecular flexibility index (Phi) is 4.45. The summed E-state index contributed by atoms with van der Waals surface area (Å²) < 4.78 is 38.5. The first-order valence-electron chi connectivity index (χ1n) is 5.26. The first-order valence-corrected chi connectivity index (χ1v) is 6.80. The van der Waals surface area contributed by atoms with Gasteiger partial charge >= 0.3 is 5.97 Å². The summed E-state index contributed by atoms with van der Waals surface area (Å²) in [6.07, 6.45) is 0.0510. The van der Waals surface area contributed by atoms with E-state index in [9.17, 15) is 17.6 Å². The molecule has 0 saturated carbocycles. The monoisotopic (exact) mass is 286 g/mol. The SMILES string of the molecule is CCC(C#N)S(=O)(=O)Nc1ccc(F)cc1C(=O)O. The number of aromatic carboxylic acids is 1. The third-order valence-electron chi connectivity index (χ3n) is 2.35. The van der Waals surface area contributed by atoms with Crippen LogP contribution in [0, 0.1) is 17.1 Å². The summed E-state index contributed by atoms with van der Waals surface area (Å²) in [7, 11) is -4.04. The van der Waals surface area contributed by atoms with Crippen molar-refractivity contribution in [3.8, 4) is 6.07 Å². The molecule has 0 saturated heterocycles. The molecule has 0 spiro atoms. The molecule has 0 amide bonds. The first-order chi connectivity index (χ1) is 8.81. The van der Waals surface area contributed by atoms with Gasteiger partial charge in [-0.05, 0) is 24.6 Å². The van der Waals surface area contributed by atoms with Crippen LogP contribution in [0.25, 0.3) is 0 Å². The molecule has 1 aromatic rings. The van der Waals surface area contributed by atoms with E-state index < -0.39 is 32.6 Å². The number of hydrogen-bond donors (Lipinski definition) is 2. The molecule has 1 rings (SSSR count). The van der Waals surface area contributed by atoms with Crippen LogP contribution in [0.2, 0.25) is 0 Å². The number of nitrogens with zero attached hydrogens (tertiary/aromatic N) is 1. The molecule has 0 aromatic heterocycles. The number of nitriles is 1. The van der Waals surface area contributed by atoms with Crippen LogP contribution in [0.1, 0.15) is 23.7 Å². The largest absolute Gasteiger partial charge is 0.478 e. The van der Waals surface area contributed by atoms with Gasteiger partial charge in [-0.15, -0.1) is 0 Å². The highest BCUT2D eigenvalue weighted by molar-refractivity contribution is 7.93. The van der Waals surface area contributed by atoms with Crippen molar-refractivity contribution in [1.82, 2.24) is 0 Å². The van der Waals surface area contributed by atoms with E-state index in [1.807, 2.05) is 4.72 Å². The third kappa shape index (κ3) is 3.42. The molecule has 1 atom stereocenters. The molecule has 8 heteroatoms. The minimum Gasteiger partial charge on any atom is -0.478 e. The Hall–Kier alpha value is -2.14. The fourth-order valence-corrected chi connectivity index (χ4v) is 2.59. The third-order valence-corrected chi connectivity index (χ3v) is 4.05. The molecule has 6 nitrogen and oxygen atoms in total. The maximum absolute atomic E-state index is 12.9. The second-order valence-electron chi connectivity index (χ2n) is 3.67. The minimum atomic E-state index is -4.04. The fourth-order valence-electron chi connectivity index (χ4n) is 1.39. The highest BCUT2D eigenvalue weighted by Crippen LogP contribution is 2.20. The Morgan fingerprint density at radius 2 is 2.21 bits per heavy atom. The lowest BCUT2D eigenvalue weighted by Crippen LogP contribution is -2.26. The van der Waals surface area contributed by atoms with Crippen LogP contribution in [-0.4, -0.2) is 24.7 Å². The zero-order valence-corrected chi connectivity index (χ0v) is 10.7. The van der Waals surface area contributed by atoms with E-state index in [2.05, 4.69) is 0 Å². The summed E-state index contributed by atoms with van der Waals surface area (Å²) in [6, 6.07) is 4.23. The van der Waals surface area contributed by atoms with Gasteiger partial charge in [-0.1, -0.05) is 6.92 Å². The van der Waals surface area contributed by atoms with E-state index in [-0.39, 0.29) is 12.1 Å². The van der Waals surface area contributed by atoms with Gasteiger partial charge in [-0.2, -0.15) is 5.26 Å². The van der Waals surface area contributed by atoms with Crippen LogP contribution < -0.4 is 4.72 Å². The van der Waals surface area contributed by atoms with Gasteiger partial charge in [0.05, 0.1) is 17.3 Å². The standard InChI is InChI=1S/C11H11FN2O4S/c1-2-8(6-13)19(17,18)14-10-4-3-7(12)5-9(10)11(15)16/h3-5,8,14H,2H2,1H3,(H,15,16). The molecule has 0 fully saturated rings. The molecule has 102 valence electrons. The van der Waals surface area contributed by atoms with Crippen LogP contribution in [-0.2, 0) is 10.0 Å². The Balaban J connectivity index is 3.21. The van der Waals surface area contributed by atoms with E-state index in [1.54, 1.807) is 6.07 Å². The van der Waals surface area contributed by atoms with E-state index >= 15 is 0 Å². The summed E-state index contributed by atoms with van der Waals surface area (Å²) in [5, 5.41) is 16.3. The smallest absolute Gasteiger partial charge is 0.337 e. The molecule has 0 radical (unpaired) electrons. The molecular weight excluding hydrogens is 275 g/mol. The lowest BCUT2D eigenvalue weighted by molar-refractivity contribution is 0.0697. The van der Waals surface area contributed by atoms with Gasteiger partial charge in [-0.25, -0.2) is 17.6 Å². The number of benzene rings is 1. The quantitative estimate of drug-likeness (QED) is 0.854. The van der Waals surface area contributed by atoms with Gasteiger partial charge in [0, 0.05) is 0 Å². The van der Waals surface area contributed by atoms with Crippen LogP contribution in [0.3, 0.4) is 0 Å². The van der Waals surface area contributed by atoms with Crippen molar-refractivity contribution < 1.29 is 22.7 Å². The highest BCUT2D eigenvalue weighted by atomic mass is 32.2. The van der Waals surface area contributed by atoms with Crippen molar-refractivity contribution in [1.29, 1.82) is 5.26 Å². The molecular formula is C11H11FN2O4S. The van der Waals surface area contributed by atoms with Crippen molar-refractivity contribution in [3.05, 3.63) is 29.6 Å². The van der Waals surface area contributed by atoms with Crippen LogP contribution in [0.5, 0.6) is 0 Å². The summed E-state index contributed by atoms with van der Waals surface area (Å²) in [4.78, 5) is 10.9. The summed E-state index contributed by atoms with van der Waals surface area (Å²) in [6.45, 7) is 1.51. The number of nitrogens with one attached hydrogen (secondary N) is 1.